The van der Waals surface area contributed by atoms with E-state index in [1.807, 2.05) is 48.6 Å². The molecule has 0 fully saturated rings. The third-order valence-corrected chi connectivity index (χ3v) is 13.4. The van der Waals surface area contributed by atoms with Gasteiger partial charge in [0.1, 0.15) is 17.2 Å². The van der Waals surface area contributed by atoms with E-state index < -0.39 is 27.6 Å². The van der Waals surface area contributed by atoms with Crippen LogP contribution in [0.25, 0.3) is 0 Å². The molecule has 8 heteroatoms. The number of hydrogen-bond donors (Lipinski definition) is 3. The van der Waals surface area contributed by atoms with E-state index in [1.54, 1.807) is 0 Å². The quantitative estimate of drug-likeness (QED) is 0.155. The van der Waals surface area contributed by atoms with Crippen LogP contribution in [-0.2, 0) is 64.1 Å². The third-order valence-electron chi connectivity index (χ3n) is 10.7. The first-order chi connectivity index (χ1) is 25.3. The second-order valence-corrected chi connectivity index (χ2v) is 23.1. The number of allylic oxidation sites excluding steroid dienone is 4. The number of carbonyl (C=O) groups is 1. The number of aromatic hydroxyl groups is 3. The molecular formula is C48H64Cl2MoNO4. The maximum absolute atomic E-state index is 14.4. The van der Waals surface area contributed by atoms with Crippen molar-refractivity contribution in [3.63, 3.8) is 0 Å². The first-order valence-corrected chi connectivity index (χ1v) is 23.4. The van der Waals surface area contributed by atoms with Crippen molar-refractivity contribution < 1.29 is 37.5 Å². The molecule has 0 atom stereocenters. The van der Waals surface area contributed by atoms with Gasteiger partial charge in [0.15, 0.2) is 5.78 Å². The van der Waals surface area contributed by atoms with Crippen LogP contribution in [0.1, 0.15) is 154 Å². The summed E-state index contributed by atoms with van der Waals surface area (Å²) in [5, 5.41) is 35.8. The second kappa shape index (κ2) is 16.1. The molecule has 3 N–H and O–H groups in total. The molecule has 0 amide bonds. The van der Waals surface area contributed by atoms with Crippen LogP contribution in [0.5, 0.6) is 17.2 Å². The van der Waals surface area contributed by atoms with Crippen molar-refractivity contribution in [1.82, 2.24) is 0 Å². The van der Waals surface area contributed by atoms with Gasteiger partial charge in [0.25, 0.3) is 0 Å². The molecule has 0 spiro atoms. The summed E-state index contributed by atoms with van der Waals surface area (Å²) < 4.78 is 4.15. The number of nitrogens with zero attached hydrogens (tertiary/aromatic N) is 1. The summed E-state index contributed by atoms with van der Waals surface area (Å²) in [6, 6.07) is 12.1. The summed E-state index contributed by atoms with van der Waals surface area (Å²) in [5.74, 6) is 0.287. The Labute approximate surface area is 354 Å². The van der Waals surface area contributed by atoms with Gasteiger partial charge in [-0.15, -0.1) is 11.6 Å². The van der Waals surface area contributed by atoms with Crippen molar-refractivity contribution in [3.8, 4) is 17.2 Å². The summed E-state index contributed by atoms with van der Waals surface area (Å²) in [6.07, 6.45) is 4.72. The third kappa shape index (κ3) is 10.7. The minimum atomic E-state index is -0.968. The van der Waals surface area contributed by atoms with Gasteiger partial charge in [-0.3, -0.25) is 4.79 Å². The van der Waals surface area contributed by atoms with Gasteiger partial charge in [0.2, 0.25) is 0 Å². The molecule has 0 unspecified atom stereocenters. The topological polar surface area (TPSA) is 90.1 Å². The van der Waals surface area contributed by atoms with E-state index in [0.717, 1.165) is 16.7 Å². The summed E-state index contributed by atoms with van der Waals surface area (Å²) in [6.45, 7) is 31.6. The van der Waals surface area contributed by atoms with E-state index >= 15 is 0 Å². The minimum Gasteiger partial charge on any atom is -0.507 e. The maximum Gasteiger partial charge on any atom is 0.185 e. The van der Waals surface area contributed by atoms with Crippen molar-refractivity contribution in [1.29, 1.82) is 0 Å². The van der Waals surface area contributed by atoms with Crippen molar-refractivity contribution in [3.05, 3.63) is 110 Å². The molecule has 0 saturated heterocycles. The first kappa shape index (κ1) is 46.0. The standard InChI is InChI=1S/C44H55ClO4.C4H9N.ClH.Mo/c1-40(2,3)33-17-25-13-27-19-34(41(4,5)6)21-29(37(27)47)15-31-23-44(45,43(10,11)12)24-32(39(31)49)16-30-22-35(42(7,8)9)20-28(38(30)48)14-26(18-33)36(25)46;1-4(2,3)5;;/h17-24,46-48H,13-16H2,1-12H3;1-3H3;1H;/q;;;+1/p-1. The van der Waals surface area contributed by atoms with Crippen molar-refractivity contribution >= 4 is 26.8 Å². The average molecular weight is 886 g/mol. The number of halogens is 2. The SMILES string of the molecule is CC(C)(C)[N]=[Mo][Cl].CC(C)(C)c1cc2c(O)c(c1)Cc1cc(C(C)(C)C)cc(c1O)Cc1cc(C(C)(C)C)cc(c1O)CC1=CC(Cl)(C(C)(C)C)C=C(C2)C1=O. The number of phenols is 3. The van der Waals surface area contributed by atoms with Gasteiger partial charge in [-0.1, -0.05) is 132 Å². The molecule has 0 radical (unpaired) electrons. The van der Waals surface area contributed by atoms with E-state index in [0.29, 0.717) is 57.4 Å². The van der Waals surface area contributed by atoms with Crippen LogP contribution in [0.2, 0.25) is 0 Å². The number of phenolic OH excluding ortho intramolecular Hbond substituents is 3. The maximum atomic E-state index is 14.4. The molecule has 0 aliphatic heterocycles. The number of ketones is 1. The Kier molecular flexibility index (Phi) is 13.3. The molecule has 3 aromatic carbocycles. The molecule has 3 aromatic rings. The van der Waals surface area contributed by atoms with Crippen LogP contribution >= 0.6 is 21.0 Å². The summed E-state index contributed by atoms with van der Waals surface area (Å²) in [5.41, 5.74) is 7.25. The first-order valence-electron chi connectivity index (χ1n) is 19.6. The monoisotopic (exact) mass is 886 g/mol. The zero-order valence-electron chi connectivity index (χ0n) is 36.3. The molecule has 5 rings (SSSR count). The van der Waals surface area contributed by atoms with Crippen molar-refractivity contribution in [2.75, 3.05) is 0 Å². The molecule has 8 bridgehead atoms. The predicted molar refractivity (Wildman–Crippen MR) is 231 cm³/mol. The zero-order valence-corrected chi connectivity index (χ0v) is 39.8. The van der Waals surface area contributed by atoms with E-state index in [4.69, 9.17) is 21.0 Å². The molecule has 5 nitrogen and oxygen atoms in total. The number of Topliss-reactive ketones (excluding diaryl/α,β-unsaturated/α-hetero) is 1. The van der Waals surface area contributed by atoms with Crippen LogP contribution in [0, 0.1) is 5.41 Å². The molecule has 0 aromatic heterocycles. The number of rotatable bonds is 0. The Morgan fingerprint density at radius 3 is 1.00 bits per heavy atom. The molecular weight excluding hydrogens is 821 g/mol. The Hall–Kier alpha value is -2.72. The fraction of sp³-hybridized carbons (Fsp3) is 0.521. The average Bonchev–Trinajstić information content (AvgIpc) is 3.02. The van der Waals surface area contributed by atoms with Crippen molar-refractivity contribution in [2.24, 2.45) is 8.91 Å². The summed E-state index contributed by atoms with van der Waals surface area (Å²) in [7, 11) is 5.45. The molecule has 305 valence electrons. The van der Waals surface area contributed by atoms with Crippen LogP contribution < -0.4 is 0 Å². The Bertz CT molecular complexity index is 1970. The predicted octanol–water partition coefficient (Wildman–Crippen LogP) is 12.6. The molecule has 2 aliphatic carbocycles. The fourth-order valence-electron chi connectivity index (χ4n) is 6.89. The van der Waals surface area contributed by atoms with Gasteiger partial charge in [0, 0.05) is 36.8 Å². The number of fused-ring (bicyclic) bond motifs is 8. The van der Waals surface area contributed by atoms with Gasteiger partial charge < -0.3 is 15.3 Å². The minimum absolute atomic E-state index is 0.101. The van der Waals surface area contributed by atoms with Gasteiger partial charge in [0.05, 0.1) is 4.87 Å². The molecule has 0 heterocycles. The van der Waals surface area contributed by atoms with Gasteiger partial charge in [-0.25, -0.2) is 0 Å². The molecule has 2 aliphatic rings. The zero-order chi connectivity index (χ0) is 42.6. The number of benzene rings is 3. The van der Waals surface area contributed by atoms with Crippen LogP contribution in [-0.4, -0.2) is 31.5 Å². The number of carbonyl (C=O) groups excluding carboxylic acids is 1. The largest absolute Gasteiger partial charge is 0.507 e. The van der Waals surface area contributed by atoms with Gasteiger partial charge in [-0.2, -0.15) is 0 Å². The van der Waals surface area contributed by atoms with E-state index in [1.165, 1.54) is 0 Å². The molecule has 56 heavy (non-hydrogen) atoms. The Balaban J connectivity index is 0.000000908. The van der Waals surface area contributed by atoms with E-state index in [2.05, 4.69) is 107 Å². The summed E-state index contributed by atoms with van der Waals surface area (Å²) in [4.78, 5) is 13.5. The normalized spacial score (nSPS) is 16.6. The van der Waals surface area contributed by atoms with E-state index in [-0.39, 0.29) is 57.7 Å². The van der Waals surface area contributed by atoms with E-state index in [9.17, 15) is 20.1 Å². The fourth-order valence-corrected chi connectivity index (χ4v) is 8.89. The van der Waals surface area contributed by atoms with Crippen LogP contribution in [0.3, 0.4) is 0 Å². The molecule has 0 saturated carbocycles. The summed E-state index contributed by atoms with van der Waals surface area (Å²) >= 11 is 6.90. The Morgan fingerprint density at radius 2 is 0.804 bits per heavy atom. The van der Waals surface area contributed by atoms with Gasteiger partial charge >= 0.3 is 56.6 Å². The number of hydrogen-bond acceptors (Lipinski definition) is 5. The second-order valence-electron chi connectivity index (χ2n) is 20.9. The van der Waals surface area contributed by atoms with Crippen molar-refractivity contribution in [2.45, 2.75) is 156 Å². The van der Waals surface area contributed by atoms with Crippen LogP contribution in [0.4, 0.5) is 0 Å². The van der Waals surface area contributed by atoms with Gasteiger partial charge in [-0.05, 0) is 71.7 Å². The smallest absolute Gasteiger partial charge is 0.185 e. The number of alkyl halides is 1. The Morgan fingerprint density at radius 1 is 0.536 bits per heavy atom. The van der Waals surface area contributed by atoms with Crippen LogP contribution in [0.15, 0.2) is 63.2 Å².